The number of ketones is 1. The Morgan fingerprint density at radius 2 is 1.66 bits per heavy atom. The predicted molar refractivity (Wildman–Crippen MR) is 159 cm³/mol. The highest BCUT2D eigenvalue weighted by Crippen LogP contribution is 2.48. The van der Waals surface area contributed by atoms with Gasteiger partial charge in [-0.2, -0.15) is 0 Å². The topological polar surface area (TPSA) is 74.2 Å². The van der Waals surface area contributed by atoms with E-state index in [4.69, 9.17) is 19.2 Å². The summed E-state index contributed by atoms with van der Waals surface area (Å²) in [7, 11) is 1.60. The Morgan fingerprint density at radius 3 is 2.37 bits per heavy atom. The van der Waals surface area contributed by atoms with Crippen LogP contribution in [-0.2, 0) is 20.9 Å². The van der Waals surface area contributed by atoms with E-state index in [-0.39, 0.29) is 17.7 Å². The summed E-state index contributed by atoms with van der Waals surface area (Å²) in [5, 5.41) is 0. The van der Waals surface area contributed by atoms with Crippen molar-refractivity contribution in [3.63, 3.8) is 0 Å². The zero-order chi connectivity index (χ0) is 28.8. The van der Waals surface area contributed by atoms with Gasteiger partial charge in [0.25, 0.3) is 0 Å². The van der Waals surface area contributed by atoms with Gasteiger partial charge in [0, 0.05) is 29.3 Å². The molecular weight excluding hydrogens is 514 g/mol. The number of ether oxygens (including phenoxy) is 3. The lowest BCUT2D eigenvalue weighted by molar-refractivity contribution is -0.146. The number of nitrogens with zero attached hydrogens (tertiary/aromatic N) is 1. The number of hydrogen-bond donors (Lipinski definition) is 0. The molecule has 212 valence electrons. The third-order valence-electron chi connectivity index (χ3n) is 7.94. The highest BCUT2D eigenvalue weighted by atomic mass is 16.5. The third-order valence-corrected chi connectivity index (χ3v) is 7.94. The van der Waals surface area contributed by atoms with Crippen LogP contribution in [0, 0.1) is 5.92 Å². The molecule has 0 N–H and O–H groups in total. The fraction of sp³-hybridized carbons (Fsp3) is 0.343. The van der Waals surface area contributed by atoms with Crippen LogP contribution in [0.15, 0.2) is 95.1 Å². The van der Waals surface area contributed by atoms with Gasteiger partial charge in [0.2, 0.25) is 0 Å². The Labute approximate surface area is 242 Å². The van der Waals surface area contributed by atoms with Crippen LogP contribution in [0.5, 0.6) is 11.5 Å². The fourth-order valence-electron chi connectivity index (χ4n) is 5.83. The van der Waals surface area contributed by atoms with E-state index in [2.05, 4.69) is 19.1 Å². The van der Waals surface area contributed by atoms with E-state index in [1.54, 1.807) is 7.11 Å². The second kappa shape index (κ2) is 13.0. The van der Waals surface area contributed by atoms with Crippen molar-refractivity contribution in [2.45, 2.75) is 58.0 Å². The molecule has 1 aliphatic carbocycles. The Hall–Kier alpha value is -4.19. The summed E-state index contributed by atoms with van der Waals surface area (Å²) >= 11 is 0. The standard InChI is InChI=1S/C35H37NO5/c1-4-5-18-40-35(38)32-23(2)36-28-19-27(25-14-10-7-11-15-25)20-29(37)34(28)33(32)26-16-17-30(31(21-26)39-3)41-22-24-12-8-6-9-13-24/h6-17,21,27,32-33H,4-5,18-20,22H2,1-3H3/t27-,32?,33-/m1/s1. The second-order valence-corrected chi connectivity index (χ2v) is 10.7. The highest BCUT2D eigenvalue weighted by molar-refractivity contribution is 6.09. The number of methoxy groups -OCH3 is 1. The van der Waals surface area contributed by atoms with Gasteiger partial charge in [0.15, 0.2) is 17.3 Å². The minimum Gasteiger partial charge on any atom is -0.493 e. The van der Waals surface area contributed by atoms with Crippen molar-refractivity contribution >= 4 is 17.5 Å². The normalized spacial score (nSPS) is 20.2. The minimum atomic E-state index is -0.691. The van der Waals surface area contributed by atoms with Gasteiger partial charge in [0.1, 0.15) is 12.5 Å². The van der Waals surface area contributed by atoms with Gasteiger partial charge < -0.3 is 14.2 Å². The lowest BCUT2D eigenvalue weighted by atomic mass is 9.69. The maximum atomic E-state index is 13.9. The molecule has 0 fully saturated rings. The van der Waals surface area contributed by atoms with Crippen LogP contribution in [0.2, 0.25) is 0 Å². The van der Waals surface area contributed by atoms with Gasteiger partial charge in [-0.1, -0.05) is 80.1 Å². The molecule has 1 unspecified atom stereocenters. The Kier molecular flexibility index (Phi) is 8.98. The predicted octanol–water partition coefficient (Wildman–Crippen LogP) is 7.19. The Morgan fingerprint density at radius 1 is 0.927 bits per heavy atom. The van der Waals surface area contributed by atoms with Gasteiger partial charge in [-0.25, -0.2) is 0 Å². The number of allylic oxidation sites excluding steroid dienone is 2. The molecule has 1 aliphatic heterocycles. The summed E-state index contributed by atoms with van der Waals surface area (Å²) < 4.78 is 17.5. The number of Topliss-reactive ketones (excluding diaryl/α,β-unsaturated/α-hetero) is 1. The van der Waals surface area contributed by atoms with E-state index in [1.165, 1.54) is 0 Å². The van der Waals surface area contributed by atoms with Gasteiger partial charge in [-0.15, -0.1) is 0 Å². The number of esters is 1. The van der Waals surface area contributed by atoms with Crippen LogP contribution >= 0.6 is 0 Å². The summed E-state index contributed by atoms with van der Waals surface area (Å²) in [5.74, 6) is -0.341. The SMILES string of the molecule is CCCCOC(=O)C1C(C)=NC2=C(C(=O)C[C@H](c3ccccc3)C2)[C@@H]1c1ccc(OCc2ccccc2)c(OC)c1. The molecule has 0 spiro atoms. The van der Waals surface area contributed by atoms with Crippen molar-refractivity contribution in [2.24, 2.45) is 10.9 Å². The number of carbonyl (C=O) groups is 2. The zero-order valence-electron chi connectivity index (χ0n) is 24.0. The average molecular weight is 552 g/mol. The molecule has 5 rings (SSSR count). The van der Waals surface area contributed by atoms with E-state index < -0.39 is 11.8 Å². The van der Waals surface area contributed by atoms with Crippen molar-refractivity contribution in [3.05, 3.63) is 107 Å². The first-order chi connectivity index (χ1) is 20.0. The minimum absolute atomic E-state index is 0.0242. The summed E-state index contributed by atoms with van der Waals surface area (Å²) in [4.78, 5) is 32.3. The van der Waals surface area contributed by atoms with Crippen molar-refractivity contribution < 1.29 is 23.8 Å². The number of hydrogen-bond acceptors (Lipinski definition) is 6. The highest BCUT2D eigenvalue weighted by Gasteiger charge is 2.45. The van der Waals surface area contributed by atoms with E-state index in [9.17, 15) is 9.59 Å². The van der Waals surface area contributed by atoms with E-state index in [0.717, 1.165) is 35.2 Å². The number of aliphatic imine (C=N–C) groups is 1. The molecule has 0 radical (unpaired) electrons. The van der Waals surface area contributed by atoms with E-state index in [1.807, 2.05) is 73.7 Å². The Bertz CT molecular complexity index is 1440. The summed E-state index contributed by atoms with van der Waals surface area (Å²) in [5.41, 5.74) is 5.02. The summed E-state index contributed by atoms with van der Waals surface area (Å²) in [6.45, 7) is 4.66. The molecule has 1 heterocycles. The lowest BCUT2D eigenvalue weighted by Crippen LogP contribution is -2.38. The van der Waals surface area contributed by atoms with Gasteiger partial charge >= 0.3 is 5.97 Å². The van der Waals surface area contributed by atoms with Crippen molar-refractivity contribution in [2.75, 3.05) is 13.7 Å². The third kappa shape index (κ3) is 6.27. The van der Waals surface area contributed by atoms with Gasteiger partial charge in [-0.3, -0.25) is 14.6 Å². The first-order valence-corrected chi connectivity index (χ1v) is 14.4. The molecule has 0 saturated heterocycles. The Balaban J connectivity index is 1.51. The summed E-state index contributed by atoms with van der Waals surface area (Å²) in [6, 6.07) is 25.7. The van der Waals surface area contributed by atoms with E-state index in [0.29, 0.717) is 48.8 Å². The molecule has 0 amide bonds. The van der Waals surface area contributed by atoms with Crippen LogP contribution in [0.1, 0.15) is 68.1 Å². The smallest absolute Gasteiger partial charge is 0.315 e. The molecule has 3 atom stereocenters. The van der Waals surface area contributed by atoms with Crippen LogP contribution in [0.3, 0.4) is 0 Å². The molecule has 6 nitrogen and oxygen atoms in total. The first-order valence-electron chi connectivity index (χ1n) is 14.4. The summed E-state index contributed by atoms with van der Waals surface area (Å²) in [6.07, 6.45) is 2.73. The quantitative estimate of drug-likeness (QED) is 0.197. The van der Waals surface area contributed by atoms with Gasteiger partial charge in [0.05, 0.1) is 13.7 Å². The van der Waals surface area contributed by atoms with Gasteiger partial charge in [-0.05, 0) is 54.5 Å². The number of rotatable bonds is 10. The molecule has 0 bridgehead atoms. The molecule has 0 saturated carbocycles. The molecule has 0 aromatic heterocycles. The average Bonchev–Trinajstić information content (AvgIpc) is 3.00. The van der Waals surface area contributed by atoms with E-state index >= 15 is 0 Å². The number of carbonyl (C=O) groups excluding carboxylic acids is 2. The molecule has 3 aromatic rings. The van der Waals surface area contributed by atoms with Crippen molar-refractivity contribution in [1.29, 1.82) is 0 Å². The molecule has 2 aliphatic rings. The lowest BCUT2D eigenvalue weighted by Gasteiger charge is -2.36. The molecular formula is C35H37NO5. The second-order valence-electron chi connectivity index (χ2n) is 10.7. The first kappa shape index (κ1) is 28.3. The molecule has 6 heteroatoms. The largest absolute Gasteiger partial charge is 0.493 e. The molecule has 41 heavy (non-hydrogen) atoms. The monoisotopic (exact) mass is 551 g/mol. The maximum absolute atomic E-state index is 13.9. The zero-order valence-corrected chi connectivity index (χ0v) is 24.0. The van der Waals surface area contributed by atoms with Crippen molar-refractivity contribution in [3.8, 4) is 11.5 Å². The van der Waals surface area contributed by atoms with Crippen LogP contribution in [0.4, 0.5) is 0 Å². The van der Waals surface area contributed by atoms with Crippen LogP contribution in [-0.4, -0.2) is 31.2 Å². The van der Waals surface area contributed by atoms with Crippen LogP contribution in [0.25, 0.3) is 0 Å². The van der Waals surface area contributed by atoms with Crippen molar-refractivity contribution in [1.82, 2.24) is 0 Å². The van der Waals surface area contributed by atoms with Crippen LogP contribution < -0.4 is 9.47 Å². The fourth-order valence-corrected chi connectivity index (χ4v) is 5.83. The maximum Gasteiger partial charge on any atom is 0.315 e. The molecule has 3 aromatic carbocycles. The number of unbranched alkanes of at least 4 members (excludes halogenated alkanes) is 1. The number of benzene rings is 3.